The number of halogens is 1. The highest BCUT2D eigenvalue weighted by atomic mass is 35.5. The second kappa shape index (κ2) is 4.96. The third-order valence-electron chi connectivity index (χ3n) is 3.39. The molecule has 3 nitrogen and oxygen atoms in total. The number of benzene rings is 1. The number of hydrogen-bond acceptors (Lipinski definition) is 2. The van der Waals surface area contributed by atoms with Gasteiger partial charge in [-0.1, -0.05) is 24.6 Å². The highest BCUT2D eigenvalue weighted by molar-refractivity contribution is 6.34. The summed E-state index contributed by atoms with van der Waals surface area (Å²) in [4.78, 5) is 2.28. The van der Waals surface area contributed by atoms with Crippen LogP contribution in [0.5, 0.6) is 0 Å². The second-order valence-electron chi connectivity index (χ2n) is 4.72. The van der Waals surface area contributed by atoms with Crippen molar-refractivity contribution in [2.75, 3.05) is 18.0 Å². The van der Waals surface area contributed by atoms with Crippen LogP contribution >= 0.6 is 11.6 Å². The summed E-state index contributed by atoms with van der Waals surface area (Å²) < 4.78 is 0. The molecule has 0 spiro atoms. The molecule has 3 N–H and O–H groups in total. The average Bonchev–Trinajstić information content (AvgIpc) is 2.29. The monoisotopic (exact) mass is 251 g/mol. The Hall–Kier alpha value is -1.22. The minimum atomic E-state index is 0.0456. The van der Waals surface area contributed by atoms with Crippen molar-refractivity contribution in [2.24, 2.45) is 11.7 Å². The van der Waals surface area contributed by atoms with Crippen molar-refractivity contribution < 1.29 is 0 Å². The zero-order valence-electron chi connectivity index (χ0n) is 10.0. The van der Waals surface area contributed by atoms with E-state index in [0.29, 0.717) is 10.6 Å². The summed E-state index contributed by atoms with van der Waals surface area (Å²) in [7, 11) is 0. The zero-order chi connectivity index (χ0) is 12.4. The van der Waals surface area contributed by atoms with Crippen molar-refractivity contribution >= 4 is 23.1 Å². The molecule has 0 aromatic heterocycles. The van der Waals surface area contributed by atoms with E-state index in [-0.39, 0.29) is 5.84 Å². The predicted molar refractivity (Wildman–Crippen MR) is 73.1 cm³/mol. The molecule has 0 unspecified atom stereocenters. The lowest BCUT2D eigenvalue weighted by atomic mass is 9.98. The maximum Gasteiger partial charge on any atom is 0.126 e. The minimum Gasteiger partial charge on any atom is -0.384 e. The summed E-state index contributed by atoms with van der Waals surface area (Å²) in [6.07, 6.45) is 2.37. The number of amidine groups is 1. The average molecular weight is 252 g/mol. The maximum absolute atomic E-state index is 7.64. The van der Waals surface area contributed by atoms with Gasteiger partial charge in [0.2, 0.25) is 0 Å². The van der Waals surface area contributed by atoms with Crippen molar-refractivity contribution in [3.63, 3.8) is 0 Å². The summed E-state index contributed by atoms with van der Waals surface area (Å²) in [5.74, 6) is 0.829. The van der Waals surface area contributed by atoms with Gasteiger partial charge >= 0.3 is 0 Å². The van der Waals surface area contributed by atoms with Crippen LogP contribution in [0, 0.1) is 11.3 Å². The number of piperidine rings is 1. The Bertz CT molecular complexity index is 423. The lowest BCUT2D eigenvalue weighted by Gasteiger charge is -2.33. The Morgan fingerprint density at radius 2 is 2.06 bits per heavy atom. The molecule has 1 aromatic rings. The third-order valence-corrected chi connectivity index (χ3v) is 3.70. The smallest absolute Gasteiger partial charge is 0.126 e. The van der Waals surface area contributed by atoms with Crippen LogP contribution in [-0.2, 0) is 0 Å². The molecule has 0 radical (unpaired) electrons. The number of nitrogens with one attached hydrogen (secondary N) is 1. The molecule has 1 aromatic carbocycles. The molecular formula is C13H18ClN3. The van der Waals surface area contributed by atoms with Crippen molar-refractivity contribution in [3.8, 4) is 0 Å². The molecule has 0 bridgehead atoms. The van der Waals surface area contributed by atoms with Crippen molar-refractivity contribution in [1.82, 2.24) is 0 Å². The van der Waals surface area contributed by atoms with E-state index in [2.05, 4.69) is 11.8 Å². The van der Waals surface area contributed by atoms with Gasteiger partial charge in [0.05, 0.1) is 10.6 Å². The molecule has 4 heteroatoms. The molecule has 0 atom stereocenters. The molecule has 2 rings (SSSR count). The summed E-state index contributed by atoms with van der Waals surface area (Å²) in [6.45, 7) is 4.31. The Kier molecular flexibility index (Phi) is 3.57. The van der Waals surface area contributed by atoms with Gasteiger partial charge in [0.15, 0.2) is 0 Å². The molecule has 92 valence electrons. The van der Waals surface area contributed by atoms with Crippen molar-refractivity contribution in [3.05, 3.63) is 28.8 Å². The van der Waals surface area contributed by atoms with E-state index in [1.165, 1.54) is 12.8 Å². The van der Waals surface area contributed by atoms with E-state index in [1.54, 1.807) is 6.07 Å². The zero-order valence-corrected chi connectivity index (χ0v) is 10.8. The van der Waals surface area contributed by atoms with Crippen LogP contribution in [0.25, 0.3) is 0 Å². The molecule has 1 heterocycles. The lowest BCUT2D eigenvalue weighted by molar-refractivity contribution is 0.438. The van der Waals surface area contributed by atoms with Gasteiger partial charge in [-0.15, -0.1) is 0 Å². The number of nitrogens with two attached hydrogens (primary N) is 1. The van der Waals surface area contributed by atoms with Crippen molar-refractivity contribution in [1.29, 1.82) is 5.41 Å². The molecule has 1 aliphatic heterocycles. The topological polar surface area (TPSA) is 53.1 Å². The van der Waals surface area contributed by atoms with E-state index < -0.39 is 0 Å². The number of nitrogen functional groups attached to an aromatic ring is 1. The number of hydrogen-bond donors (Lipinski definition) is 2. The fourth-order valence-electron chi connectivity index (χ4n) is 2.29. The fraction of sp³-hybridized carbons (Fsp3) is 0.462. The molecule has 1 aliphatic rings. The second-order valence-corrected chi connectivity index (χ2v) is 5.12. The summed E-state index contributed by atoms with van der Waals surface area (Å²) in [5, 5.41) is 8.21. The first-order valence-electron chi connectivity index (χ1n) is 5.97. The first-order chi connectivity index (χ1) is 8.09. The van der Waals surface area contributed by atoms with E-state index >= 15 is 0 Å². The lowest BCUT2D eigenvalue weighted by Crippen LogP contribution is -2.34. The van der Waals surface area contributed by atoms with E-state index in [0.717, 1.165) is 24.7 Å². The van der Waals surface area contributed by atoms with Crippen LogP contribution in [0.3, 0.4) is 0 Å². The van der Waals surface area contributed by atoms with Gasteiger partial charge in [-0.3, -0.25) is 5.41 Å². The van der Waals surface area contributed by atoms with E-state index in [1.807, 2.05) is 12.1 Å². The van der Waals surface area contributed by atoms with Crippen LogP contribution in [0.2, 0.25) is 5.02 Å². The van der Waals surface area contributed by atoms with Gasteiger partial charge in [0, 0.05) is 18.8 Å². The van der Waals surface area contributed by atoms with Gasteiger partial charge in [-0.05, 0) is 30.9 Å². The molecule has 0 saturated carbocycles. The van der Waals surface area contributed by atoms with Crippen LogP contribution in [-0.4, -0.2) is 18.9 Å². The van der Waals surface area contributed by atoms with Crippen molar-refractivity contribution in [2.45, 2.75) is 19.8 Å². The molecule has 0 aliphatic carbocycles. The van der Waals surface area contributed by atoms with Crippen LogP contribution in [0.1, 0.15) is 25.3 Å². The Balaban J connectivity index is 2.32. The van der Waals surface area contributed by atoms with Gasteiger partial charge in [0.25, 0.3) is 0 Å². The highest BCUT2D eigenvalue weighted by Crippen LogP contribution is 2.30. The normalized spacial score (nSPS) is 17.2. The summed E-state index contributed by atoms with van der Waals surface area (Å²) >= 11 is 6.12. The largest absolute Gasteiger partial charge is 0.384 e. The summed E-state index contributed by atoms with van der Waals surface area (Å²) in [5.41, 5.74) is 7.29. The van der Waals surface area contributed by atoms with E-state index in [9.17, 15) is 0 Å². The molecular weight excluding hydrogens is 234 g/mol. The first kappa shape index (κ1) is 12.2. The van der Waals surface area contributed by atoms with E-state index in [4.69, 9.17) is 22.7 Å². The first-order valence-corrected chi connectivity index (χ1v) is 6.35. The number of nitrogens with zero attached hydrogens (tertiary/aromatic N) is 1. The van der Waals surface area contributed by atoms with Gasteiger partial charge in [-0.25, -0.2) is 0 Å². The SMILES string of the molecule is CC1CCN(c2cccc(Cl)c2C(=N)N)CC1. The molecule has 17 heavy (non-hydrogen) atoms. The summed E-state index contributed by atoms with van der Waals surface area (Å²) in [6, 6.07) is 5.70. The van der Waals surface area contributed by atoms with Gasteiger partial charge < -0.3 is 10.6 Å². The van der Waals surface area contributed by atoms with Gasteiger partial charge in [0.1, 0.15) is 5.84 Å². The van der Waals surface area contributed by atoms with Crippen LogP contribution in [0.15, 0.2) is 18.2 Å². The Morgan fingerprint density at radius 3 is 2.65 bits per heavy atom. The number of rotatable bonds is 2. The highest BCUT2D eigenvalue weighted by Gasteiger charge is 2.20. The van der Waals surface area contributed by atoms with Gasteiger partial charge in [-0.2, -0.15) is 0 Å². The quantitative estimate of drug-likeness (QED) is 0.627. The fourth-order valence-corrected chi connectivity index (χ4v) is 2.56. The van der Waals surface area contributed by atoms with Crippen LogP contribution in [0.4, 0.5) is 5.69 Å². The third kappa shape index (κ3) is 2.55. The molecule has 1 saturated heterocycles. The standard InChI is InChI=1S/C13H18ClN3/c1-9-5-7-17(8-6-9)11-4-2-3-10(14)12(11)13(15)16/h2-4,9H,5-8H2,1H3,(H3,15,16). The Morgan fingerprint density at radius 1 is 1.41 bits per heavy atom. The maximum atomic E-state index is 7.64. The molecule has 0 amide bonds. The minimum absolute atomic E-state index is 0.0456. The predicted octanol–water partition coefficient (Wildman–Crippen LogP) is 2.86. The van der Waals surface area contributed by atoms with Crippen LogP contribution < -0.4 is 10.6 Å². The number of anilines is 1. The Labute approximate surface area is 107 Å². The molecule has 1 fully saturated rings.